The van der Waals surface area contributed by atoms with Crippen LogP contribution < -0.4 is 0 Å². The van der Waals surface area contributed by atoms with E-state index in [1.54, 1.807) is 0 Å². The molecule has 1 fully saturated rings. The third-order valence-electron chi connectivity index (χ3n) is 3.58. The quantitative estimate of drug-likeness (QED) is 0.759. The van der Waals surface area contributed by atoms with Crippen LogP contribution >= 0.6 is 11.6 Å². The van der Waals surface area contributed by atoms with Gasteiger partial charge in [-0.2, -0.15) is 4.98 Å². The Morgan fingerprint density at radius 1 is 1.31 bits per heavy atom. The first kappa shape index (κ1) is 11.9. The zero-order valence-electron chi connectivity index (χ0n) is 9.79. The van der Waals surface area contributed by atoms with Gasteiger partial charge in [0.25, 0.3) is 0 Å². The summed E-state index contributed by atoms with van der Waals surface area (Å²) in [7, 11) is 0. The number of aryl methyl sites for hydroxylation is 1. The predicted molar refractivity (Wildman–Crippen MR) is 63.7 cm³/mol. The largest absolute Gasteiger partial charge is 0.339 e. The molecule has 0 spiro atoms. The lowest BCUT2D eigenvalue weighted by Gasteiger charge is -2.25. The van der Waals surface area contributed by atoms with Crippen LogP contribution in [-0.4, -0.2) is 16.0 Å². The zero-order valence-corrected chi connectivity index (χ0v) is 10.5. The van der Waals surface area contributed by atoms with Gasteiger partial charge in [-0.15, -0.1) is 11.6 Å². The van der Waals surface area contributed by atoms with Crippen molar-refractivity contribution in [2.45, 2.75) is 51.4 Å². The van der Waals surface area contributed by atoms with E-state index in [1.165, 1.54) is 32.1 Å². The Morgan fingerprint density at radius 2 is 2.06 bits per heavy atom. The van der Waals surface area contributed by atoms with E-state index in [0.29, 0.717) is 24.1 Å². The fourth-order valence-corrected chi connectivity index (χ4v) is 2.61. The molecule has 0 atom stereocenters. The van der Waals surface area contributed by atoms with Crippen molar-refractivity contribution >= 4 is 11.6 Å². The van der Waals surface area contributed by atoms with Crippen molar-refractivity contribution in [3.63, 3.8) is 0 Å². The SMILES string of the molecule is CCC1CCC(c2noc(CCCl)n2)CC1. The third kappa shape index (κ3) is 2.76. The van der Waals surface area contributed by atoms with Crippen LogP contribution in [-0.2, 0) is 6.42 Å². The van der Waals surface area contributed by atoms with E-state index in [0.717, 1.165) is 11.7 Å². The average Bonchev–Trinajstić information content (AvgIpc) is 2.78. The van der Waals surface area contributed by atoms with Gasteiger partial charge in [0.15, 0.2) is 5.82 Å². The molecule has 0 N–H and O–H groups in total. The molecule has 0 aliphatic heterocycles. The second-order valence-electron chi connectivity index (χ2n) is 4.61. The number of hydrogen-bond donors (Lipinski definition) is 0. The molecule has 2 rings (SSSR count). The highest BCUT2D eigenvalue weighted by atomic mass is 35.5. The summed E-state index contributed by atoms with van der Waals surface area (Å²) >= 11 is 5.64. The minimum atomic E-state index is 0.510. The summed E-state index contributed by atoms with van der Waals surface area (Å²) in [5.41, 5.74) is 0. The lowest BCUT2D eigenvalue weighted by Crippen LogP contribution is -2.13. The van der Waals surface area contributed by atoms with Crippen molar-refractivity contribution in [3.05, 3.63) is 11.7 Å². The first-order chi connectivity index (χ1) is 7.83. The van der Waals surface area contributed by atoms with Gasteiger partial charge in [-0.1, -0.05) is 18.5 Å². The first-order valence-electron chi connectivity index (χ1n) is 6.22. The van der Waals surface area contributed by atoms with Crippen molar-refractivity contribution in [1.82, 2.24) is 10.1 Å². The molecule has 4 heteroatoms. The van der Waals surface area contributed by atoms with Crippen LogP contribution in [0.3, 0.4) is 0 Å². The first-order valence-corrected chi connectivity index (χ1v) is 6.75. The summed E-state index contributed by atoms with van der Waals surface area (Å²) in [6, 6.07) is 0. The summed E-state index contributed by atoms with van der Waals surface area (Å²) in [5, 5.41) is 4.06. The molecule has 1 aromatic heterocycles. The number of hydrogen-bond acceptors (Lipinski definition) is 3. The Kier molecular flexibility index (Phi) is 4.22. The fourth-order valence-electron chi connectivity index (χ4n) is 2.45. The Labute approximate surface area is 102 Å². The molecular weight excluding hydrogens is 224 g/mol. The van der Waals surface area contributed by atoms with Crippen LogP contribution in [0.15, 0.2) is 4.52 Å². The van der Waals surface area contributed by atoms with Crippen molar-refractivity contribution in [3.8, 4) is 0 Å². The van der Waals surface area contributed by atoms with Crippen LogP contribution in [0, 0.1) is 5.92 Å². The normalized spacial score (nSPS) is 25.9. The highest BCUT2D eigenvalue weighted by Gasteiger charge is 2.24. The maximum atomic E-state index is 5.64. The second kappa shape index (κ2) is 5.67. The number of rotatable bonds is 4. The monoisotopic (exact) mass is 242 g/mol. The van der Waals surface area contributed by atoms with Crippen molar-refractivity contribution in [1.29, 1.82) is 0 Å². The van der Waals surface area contributed by atoms with Crippen LogP contribution in [0.2, 0.25) is 0 Å². The van der Waals surface area contributed by atoms with Gasteiger partial charge in [-0.3, -0.25) is 0 Å². The summed E-state index contributed by atoms with van der Waals surface area (Å²) < 4.78 is 5.17. The van der Waals surface area contributed by atoms with Crippen LogP contribution in [0.5, 0.6) is 0 Å². The Hall–Kier alpha value is -0.570. The molecule has 0 bridgehead atoms. The Morgan fingerprint density at radius 3 is 2.69 bits per heavy atom. The molecule has 1 aromatic rings. The topological polar surface area (TPSA) is 38.9 Å². The van der Waals surface area contributed by atoms with Crippen molar-refractivity contribution < 1.29 is 4.52 Å². The molecule has 0 radical (unpaired) electrons. The zero-order chi connectivity index (χ0) is 11.4. The standard InChI is InChI=1S/C12H19ClN2O/c1-2-9-3-5-10(6-4-9)12-14-11(7-8-13)16-15-12/h9-10H,2-8H2,1H3. The molecule has 16 heavy (non-hydrogen) atoms. The minimum absolute atomic E-state index is 0.510. The molecule has 1 heterocycles. The van der Waals surface area contributed by atoms with E-state index >= 15 is 0 Å². The van der Waals surface area contributed by atoms with Gasteiger partial charge < -0.3 is 4.52 Å². The molecule has 1 aliphatic rings. The van der Waals surface area contributed by atoms with E-state index in [-0.39, 0.29) is 0 Å². The minimum Gasteiger partial charge on any atom is -0.339 e. The highest BCUT2D eigenvalue weighted by molar-refractivity contribution is 6.17. The van der Waals surface area contributed by atoms with Gasteiger partial charge >= 0.3 is 0 Å². The maximum absolute atomic E-state index is 5.64. The lowest BCUT2D eigenvalue weighted by molar-refractivity contribution is 0.303. The fraction of sp³-hybridized carbons (Fsp3) is 0.833. The summed E-state index contributed by atoms with van der Waals surface area (Å²) in [4.78, 5) is 4.41. The molecular formula is C12H19ClN2O. The smallest absolute Gasteiger partial charge is 0.227 e. The number of aromatic nitrogens is 2. The molecule has 90 valence electrons. The maximum Gasteiger partial charge on any atom is 0.227 e. The summed E-state index contributed by atoms with van der Waals surface area (Å²) in [6.07, 6.45) is 7.01. The van der Waals surface area contributed by atoms with Gasteiger partial charge in [0, 0.05) is 18.2 Å². The van der Waals surface area contributed by atoms with E-state index in [4.69, 9.17) is 16.1 Å². The molecule has 3 nitrogen and oxygen atoms in total. The molecule has 0 saturated heterocycles. The van der Waals surface area contributed by atoms with Crippen LogP contribution in [0.1, 0.15) is 56.7 Å². The highest BCUT2D eigenvalue weighted by Crippen LogP contribution is 2.35. The van der Waals surface area contributed by atoms with E-state index < -0.39 is 0 Å². The van der Waals surface area contributed by atoms with Crippen LogP contribution in [0.25, 0.3) is 0 Å². The molecule has 1 saturated carbocycles. The summed E-state index contributed by atoms with van der Waals surface area (Å²) in [6.45, 7) is 2.28. The van der Waals surface area contributed by atoms with E-state index in [1.807, 2.05) is 0 Å². The number of halogens is 1. The molecule has 1 aliphatic carbocycles. The second-order valence-corrected chi connectivity index (χ2v) is 4.99. The van der Waals surface area contributed by atoms with Gasteiger partial charge in [-0.25, -0.2) is 0 Å². The van der Waals surface area contributed by atoms with E-state index in [9.17, 15) is 0 Å². The van der Waals surface area contributed by atoms with Crippen LogP contribution in [0.4, 0.5) is 0 Å². The molecule has 0 aromatic carbocycles. The lowest BCUT2D eigenvalue weighted by atomic mass is 9.80. The van der Waals surface area contributed by atoms with Gasteiger partial charge in [0.05, 0.1) is 0 Å². The predicted octanol–water partition coefficient (Wildman–Crippen LogP) is 3.53. The molecule has 0 amide bonds. The average molecular weight is 243 g/mol. The summed E-state index contributed by atoms with van der Waals surface area (Å²) in [5.74, 6) is 3.54. The Bertz CT molecular complexity index is 319. The van der Waals surface area contributed by atoms with Crippen molar-refractivity contribution in [2.24, 2.45) is 5.92 Å². The van der Waals surface area contributed by atoms with Gasteiger partial charge in [0.2, 0.25) is 5.89 Å². The van der Waals surface area contributed by atoms with Gasteiger partial charge in [-0.05, 0) is 31.6 Å². The van der Waals surface area contributed by atoms with Crippen molar-refractivity contribution in [2.75, 3.05) is 5.88 Å². The van der Waals surface area contributed by atoms with E-state index in [2.05, 4.69) is 17.1 Å². The number of nitrogens with zero attached hydrogens (tertiary/aromatic N) is 2. The van der Waals surface area contributed by atoms with Gasteiger partial charge in [0.1, 0.15) is 0 Å². The Balaban J connectivity index is 1.92. The third-order valence-corrected chi connectivity index (χ3v) is 3.77. The number of alkyl halides is 1. The molecule has 0 unspecified atom stereocenters.